The van der Waals surface area contributed by atoms with Crippen LogP contribution < -0.4 is 19.5 Å². The highest BCUT2D eigenvalue weighted by molar-refractivity contribution is 7.22. The first kappa shape index (κ1) is 20.8. The molecular formula is C21H20F2N4O4S. The van der Waals surface area contributed by atoms with Gasteiger partial charge in [0.05, 0.1) is 22.2 Å². The van der Waals surface area contributed by atoms with Crippen molar-refractivity contribution < 1.29 is 27.8 Å². The Kier molecular flexibility index (Phi) is 5.09. The molecule has 3 aromatic rings. The number of rotatable bonds is 4. The number of anilines is 1. The first-order valence-corrected chi connectivity index (χ1v) is 10.9. The number of ether oxygens (including phenoxy) is 2. The lowest BCUT2D eigenvalue weighted by molar-refractivity contribution is -0.605. The number of hydrogen-bond donors (Lipinski definition) is 1. The second-order valence-electron chi connectivity index (χ2n) is 7.91. The Balaban J connectivity index is 1.30. The minimum absolute atomic E-state index is 0.00565. The van der Waals surface area contributed by atoms with E-state index in [0.29, 0.717) is 32.4 Å². The fourth-order valence-corrected chi connectivity index (χ4v) is 4.91. The number of carbonyl (C=O) groups is 1. The van der Waals surface area contributed by atoms with E-state index in [2.05, 4.69) is 10.3 Å². The van der Waals surface area contributed by atoms with Gasteiger partial charge < -0.3 is 20.0 Å². The Labute approximate surface area is 186 Å². The number of piperidine rings is 1. The van der Waals surface area contributed by atoms with E-state index in [1.54, 1.807) is 17.9 Å². The zero-order valence-electron chi connectivity index (χ0n) is 17.1. The molecule has 2 aliphatic heterocycles. The van der Waals surface area contributed by atoms with Crippen LogP contribution in [0.1, 0.15) is 24.8 Å². The van der Waals surface area contributed by atoms with E-state index in [4.69, 9.17) is 9.47 Å². The molecule has 1 saturated heterocycles. The minimum Gasteiger partial charge on any atom is -0.619 e. The first-order valence-electron chi connectivity index (χ1n) is 10.1. The smallest absolute Gasteiger partial charge is 0.257 e. The molecule has 168 valence electrons. The van der Waals surface area contributed by atoms with Crippen molar-refractivity contribution in [3.8, 4) is 11.5 Å². The monoisotopic (exact) mass is 462 g/mol. The lowest BCUT2D eigenvalue weighted by atomic mass is 9.87. The SMILES string of the molecule is CC(C(=O)Nc1nc2cc3c(cc2s1)OCO3)N1CCC(F)(F)[C@@H](c2cc[n+]([O-])cc2)C1. The van der Waals surface area contributed by atoms with Gasteiger partial charge in [0.1, 0.15) is 0 Å². The van der Waals surface area contributed by atoms with E-state index < -0.39 is 17.9 Å². The highest BCUT2D eigenvalue weighted by Crippen LogP contribution is 2.41. The number of amides is 1. The number of carbonyl (C=O) groups excluding carboxylic acids is 1. The molecule has 1 amide bonds. The maximum atomic E-state index is 14.6. The molecule has 32 heavy (non-hydrogen) atoms. The Bertz CT molecular complexity index is 1130. The molecule has 0 saturated carbocycles. The van der Waals surface area contributed by atoms with E-state index in [1.165, 1.54) is 35.9 Å². The molecule has 2 aromatic heterocycles. The van der Waals surface area contributed by atoms with Crippen LogP contribution in [-0.2, 0) is 4.79 Å². The van der Waals surface area contributed by atoms with Gasteiger partial charge in [-0.15, -0.1) is 0 Å². The number of hydrogen-bond acceptors (Lipinski definition) is 7. The molecule has 2 aliphatic rings. The van der Waals surface area contributed by atoms with Gasteiger partial charge in [0.25, 0.3) is 5.92 Å². The third kappa shape index (κ3) is 3.82. The highest BCUT2D eigenvalue weighted by atomic mass is 32.1. The number of halogens is 2. The van der Waals surface area contributed by atoms with E-state index in [0.717, 1.165) is 4.70 Å². The summed E-state index contributed by atoms with van der Waals surface area (Å²) in [5.41, 5.74) is 1.06. The normalized spacial score (nSPS) is 20.9. The maximum Gasteiger partial charge on any atom is 0.257 e. The van der Waals surface area contributed by atoms with E-state index in [9.17, 15) is 18.8 Å². The summed E-state index contributed by atoms with van der Waals surface area (Å²) < 4.78 is 41.4. The molecule has 0 spiro atoms. The summed E-state index contributed by atoms with van der Waals surface area (Å²) in [7, 11) is 0. The summed E-state index contributed by atoms with van der Waals surface area (Å²) in [5.74, 6) is -3.09. The van der Waals surface area contributed by atoms with Crippen molar-refractivity contribution in [3.05, 3.63) is 47.4 Å². The molecule has 5 rings (SSSR count). The maximum absolute atomic E-state index is 14.6. The Morgan fingerprint density at radius 1 is 1.34 bits per heavy atom. The van der Waals surface area contributed by atoms with Crippen LogP contribution in [0.5, 0.6) is 11.5 Å². The Morgan fingerprint density at radius 3 is 2.81 bits per heavy atom. The van der Waals surface area contributed by atoms with Crippen LogP contribution in [0.4, 0.5) is 13.9 Å². The standard InChI is InChI=1S/C21H20F2N4O4S/c1-12(26-7-4-21(22,23)14(10-26)13-2-5-27(29)6-3-13)19(28)25-20-24-15-8-16-17(31-11-30-16)9-18(15)32-20/h2-3,5-6,8-9,12,14H,4,7,10-11H2,1H3,(H,24,25,28)/t12?,14-/m1/s1. The quantitative estimate of drug-likeness (QED) is 0.473. The summed E-state index contributed by atoms with van der Waals surface area (Å²) in [6.45, 7) is 1.96. The molecule has 11 heteroatoms. The number of fused-ring (bicyclic) bond motifs is 2. The predicted molar refractivity (Wildman–Crippen MR) is 113 cm³/mol. The van der Waals surface area contributed by atoms with Gasteiger partial charge in [0, 0.05) is 43.8 Å². The number of aromatic nitrogens is 2. The summed E-state index contributed by atoms with van der Waals surface area (Å²) in [4.78, 5) is 19.0. The third-order valence-corrected chi connectivity index (χ3v) is 6.86. The van der Waals surface area contributed by atoms with Gasteiger partial charge in [0.2, 0.25) is 12.7 Å². The topological polar surface area (TPSA) is 90.6 Å². The molecule has 1 aromatic carbocycles. The molecule has 2 atom stereocenters. The van der Waals surface area contributed by atoms with Gasteiger partial charge in [-0.2, -0.15) is 4.73 Å². The van der Waals surface area contributed by atoms with Gasteiger partial charge in [-0.05, 0) is 12.5 Å². The van der Waals surface area contributed by atoms with Crippen molar-refractivity contribution in [3.63, 3.8) is 0 Å². The third-order valence-electron chi connectivity index (χ3n) is 5.93. The van der Waals surface area contributed by atoms with Crippen LogP contribution in [0.3, 0.4) is 0 Å². The number of benzene rings is 1. The van der Waals surface area contributed by atoms with Crippen molar-refractivity contribution in [2.24, 2.45) is 0 Å². The summed E-state index contributed by atoms with van der Waals surface area (Å²) in [6, 6.07) is 5.76. The molecule has 1 unspecified atom stereocenters. The summed E-state index contributed by atoms with van der Waals surface area (Å²) >= 11 is 1.31. The van der Waals surface area contributed by atoms with Crippen molar-refractivity contribution in [1.82, 2.24) is 9.88 Å². The largest absolute Gasteiger partial charge is 0.619 e. The van der Waals surface area contributed by atoms with Crippen LogP contribution in [0.25, 0.3) is 10.2 Å². The fraction of sp³-hybridized carbons (Fsp3) is 0.381. The van der Waals surface area contributed by atoms with Crippen molar-refractivity contribution in [2.75, 3.05) is 25.2 Å². The molecule has 1 N–H and O–H groups in total. The summed E-state index contributed by atoms with van der Waals surface area (Å²) in [5, 5.41) is 14.5. The zero-order valence-corrected chi connectivity index (χ0v) is 17.9. The molecule has 8 nitrogen and oxygen atoms in total. The van der Waals surface area contributed by atoms with Crippen LogP contribution in [-0.4, -0.2) is 47.6 Å². The number of thiazole rings is 1. The average molecular weight is 462 g/mol. The van der Waals surface area contributed by atoms with Crippen molar-refractivity contribution in [2.45, 2.75) is 31.2 Å². The van der Waals surface area contributed by atoms with Crippen LogP contribution in [0.2, 0.25) is 0 Å². The average Bonchev–Trinajstić information content (AvgIpc) is 3.37. The lowest BCUT2D eigenvalue weighted by Gasteiger charge is -2.40. The van der Waals surface area contributed by atoms with Crippen molar-refractivity contribution >= 4 is 32.6 Å². The second-order valence-corrected chi connectivity index (χ2v) is 8.94. The number of nitrogens with zero attached hydrogens (tertiary/aromatic N) is 3. The predicted octanol–water partition coefficient (Wildman–Crippen LogP) is 3.11. The second kappa shape index (κ2) is 7.82. The Hall–Kier alpha value is -3.05. The number of alkyl halides is 2. The first-order chi connectivity index (χ1) is 15.3. The zero-order chi connectivity index (χ0) is 22.5. The highest BCUT2D eigenvalue weighted by Gasteiger charge is 2.46. The number of nitrogens with one attached hydrogen (secondary N) is 1. The minimum atomic E-state index is -2.92. The van der Waals surface area contributed by atoms with Crippen molar-refractivity contribution in [1.29, 1.82) is 0 Å². The lowest BCUT2D eigenvalue weighted by Crippen LogP contribution is -2.52. The molecule has 0 aliphatic carbocycles. The Morgan fingerprint density at radius 2 is 2.06 bits per heavy atom. The fourth-order valence-electron chi connectivity index (χ4n) is 4.03. The van der Waals surface area contributed by atoms with E-state index in [-0.39, 0.29) is 32.2 Å². The summed E-state index contributed by atoms with van der Waals surface area (Å²) in [6.07, 6.45) is 2.05. The molecule has 0 radical (unpaired) electrons. The van der Waals surface area contributed by atoms with Gasteiger partial charge in [0.15, 0.2) is 29.0 Å². The molecule has 4 heterocycles. The number of pyridine rings is 1. The molecule has 1 fully saturated rings. The van der Waals surface area contributed by atoms with Gasteiger partial charge in [-0.25, -0.2) is 13.8 Å². The molecular weight excluding hydrogens is 442 g/mol. The van der Waals surface area contributed by atoms with Gasteiger partial charge in [-0.3, -0.25) is 9.69 Å². The molecule has 0 bridgehead atoms. The van der Waals surface area contributed by atoms with Crippen LogP contribution >= 0.6 is 11.3 Å². The van der Waals surface area contributed by atoms with Crippen LogP contribution in [0, 0.1) is 5.21 Å². The van der Waals surface area contributed by atoms with Gasteiger partial charge in [-0.1, -0.05) is 11.3 Å². The van der Waals surface area contributed by atoms with E-state index in [1.807, 2.05) is 6.07 Å². The van der Waals surface area contributed by atoms with Gasteiger partial charge >= 0.3 is 0 Å². The van der Waals surface area contributed by atoms with E-state index >= 15 is 0 Å². The number of likely N-dealkylation sites (tertiary alicyclic amines) is 1. The van der Waals surface area contributed by atoms with Crippen LogP contribution in [0.15, 0.2) is 36.7 Å².